The van der Waals surface area contributed by atoms with Crippen molar-refractivity contribution in [2.75, 3.05) is 7.05 Å². The maximum atomic E-state index is 4.08. The van der Waals surface area contributed by atoms with Crippen LogP contribution in [-0.2, 0) is 0 Å². The van der Waals surface area contributed by atoms with Crippen molar-refractivity contribution in [3.05, 3.63) is 0 Å². The summed E-state index contributed by atoms with van der Waals surface area (Å²) in [6, 6.07) is 0. The molecule has 1 fully saturated rings. The van der Waals surface area contributed by atoms with Crippen LogP contribution in [-0.4, -0.2) is 13.3 Å². The van der Waals surface area contributed by atoms with Crippen LogP contribution < -0.4 is 0 Å². The molecular weight excluding hydrogens is 134 g/mol. The van der Waals surface area contributed by atoms with Gasteiger partial charge in [0, 0.05) is 13.3 Å². The summed E-state index contributed by atoms with van der Waals surface area (Å²) in [5.41, 5.74) is 0.331. The van der Waals surface area contributed by atoms with Crippen molar-refractivity contribution in [2.45, 2.75) is 39.5 Å². The van der Waals surface area contributed by atoms with Crippen LogP contribution in [0, 0.1) is 11.3 Å². The van der Waals surface area contributed by atoms with Gasteiger partial charge in [0.05, 0.1) is 0 Å². The maximum Gasteiger partial charge on any atom is 0.0273 e. The van der Waals surface area contributed by atoms with Crippen LogP contribution in [0.5, 0.6) is 0 Å². The van der Waals surface area contributed by atoms with Gasteiger partial charge in [0.15, 0.2) is 0 Å². The molecule has 11 heavy (non-hydrogen) atoms. The predicted molar refractivity (Wildman–Crippen MR) is 50.2 cm³/mol. The van der Waals surface area contributed by atoms with Gasteiger partial charge in [-0.05, 0) is 24.2 Å². The van der Waals surface area contributed by atoms with E-state index in [0.717, 1.165) is 5.92 Å². The lowest BCUT2D eigenvalue weighted by Crippen LogP contribution is -2.12. The van der Waals surface area contributed by atoms with Gasteiger partial charge in [-0.25, -0.2) is 0 Å². The molecular formula is C10H19N. The van der Waals surface area contributed by atoms with Crippen LogP contribution in [0.4, 0.5) is 0 Å². The van der Waals surface area contributed by atoms with E-state index in [1.165, 1.54) is 25.7 Å². The van der Waals surface area contributed by atoms with Crippen LogP contribution >= 0.6 is 0 Å². The van der Waals surface area contributed by atoms with E-state index in [1.54, 1.807) is 0 Å². The van der Waals surface area contributed by atoms with Crippen LogP contribution in [0.2, 0.25) is 0 Å². The lowest BCUT2D eigenvalue weighted by molar-refractivity contribution is 0.449. The first-order chi connectivity index (χ1) is 5.14. The molecule has 64 valence electrons. The summed E-state index contributed by atoms with van der Waals surface area (Å²) in [6.45, 7) is 4.53. The zero-order valence-electron chi connectivity index (χ0n) is 7.93. The minimum atomic E-state index is 0.331. The molecule has 0 unspecified atom stereocenters. The molecule has 0 bridgehead atoms. The van der Waals surface area contributed by atoms with Crippen LogP contribution in [0.1, 0.15) is 39.5 Å². The molecule has 1 nitrogen and oxygen atoms in total. The fraction of sp³-hybridized carbons (Fsp3) is 0.900. The molecule has 1 heteroatoms. The van der Waals surface area contributed by atoms with Gasteiger partial charge in [-0.2, -0.15) is 0 Å². The fourth-order valence-corrected chi connectivity index (χ4v) is 1.40. The molecule has 1 rings (SSSR count). The Morgan fingerprint density at radius 2 is 2.09 bits per heavy atom. The Balaban J connectivity index is 2.20. The number of aliphatic imine (C=N–C) groups is 1. The van der Waals surface area contributed by atoms with E-state index in [-0.39, 0.29) is 0 Å². The van der Waals surface area contributed by atoms with Gasteiger partial charge in [-0.3, -0.25) is 0 Å². The highest BCUT2D eigenvalue weighted by Gasteiger charge is 2.24. The molecule has 1 aliphatic carbocycles. The zero-order valence-corrected chi connectivity index (χ0v) is 7.93. The smallest absolute Gasteiger partial charge is 0.0273 e. The number of rotatable bonds is 4. The van der Waals surface area contributed by atoms with E-state index in [2.05, 4.69) is 25.1 Å². The van der Waals surface area contributed by atoms with Crippen LogP contribution in [0.3, 0.4) is 0 Å². The van der Waals surface area contributed by atoms with Crippen molar-refractivity contribution in [2.24, 2.45) is 16.3 Å². The molecule has 0 saturated heterocycles. The summed E-state index contributed by atoms with van der Waals surface area (Å²) in [6.07, 6.45) is 7.72. The molecule has 0 spiro atoms. The molecule has 0 heterocycles. The lowest BCUT2D eigenvalue weighted by atomic mass is 9.88. The van der Waals surface area contributed by atoms with Gasteiger partial charge >= 0.3 is 0 Å². The Bertz CT molecular complexity index is 143. The van der Waals surface area contributed by atoms with Gasteiger partial charge < -0.3 is 4.99 Å². The van der Waals surface area contributed by atoms with Crippen LogP contribution in [0.15, 0.2) is 4.99 Å². The Morgan fingerprint density at radius 3 is 2.55 bits per heavy atom. The van der Waals surface area contributed by atoms with Crippen molar-refractivity contribution in [1.82, 2.24) is 0 Å². The summed E-state index contributed by atoms with van der Waals surface area (Å²) in [4.78, 5) is 4.08. The third kappa shape index (κ3) is 3.54. The van der Waals surface area contributed by atoms with E-state index in [0.29, 0.717) is 5.41 Å². The van der Waals surface area contributed by atoms with E-state index in [4.69, 9.17) is 0 Å². The number of nitrogens with zero attached hydrogens (tertiary/aromatic N) is 1. The van der Waals surface area contributed by atoms with Gasteiger partial charge in [0.25, 0.3) is 0 Å². The second-order valence-electron chi connectivity index (χ2n) is 4.36. The fourth-order valence-electron chi connectivity index (χ4n) is 1.40. The van der Waals surface area contributed by atoms with E-state index in [9.17, 15) is 0 Å². The van der Waals surface area contributed by atoms with Crippen molar-refractivity contribution >= 4 is 6.21 Å². The molecule has 0 N–H and O–H groups in total. The van der Waals surface area contributed by atoms with Gasteiger partial charge in [0.2, 0.25) is 0 Å². The minimum Gasteiger partial charge on any atom is -0.300 e. The van der Waals surface area contributed by atoms with Crippen LogP contribution in [0.25, 0.3) is 0 Å². The Labute approximate surface area is 69.9 Å². The summed E-state index contributed by atoms with van der Waals surface area (Å²) in [5, 5.41) is 0. The molecule has 0 aliphatic heterocycles. The first kappa shape index (κ1) is 8.76. The second kappa shape index (κ2) is 3.38. The summed E-state index contributed by atoms with van der Waals surface area (Å²) < 4.78 is 0. The zero-order chi connectivity index (χ0) is 8.32. The maximum absolute atomic E-state index is 4.08. The Kier molecular flexibility index (Phi) is 2.69. The SMILES string of the molecule is CN=CC(C)(C)CCC1CC1. The molecule has 0 aromatic rings. The van der Waals surface area contributed by atoms with E-state index < -0.39 is 0 Å². The molecule has 1 saturated carbocycles. The van der Waals surface area contributed by atoms with Crippen molar-refractivity contribution in [3.8, 4) is 0 Å². The molecule has 0 amide bonds. The average Bonchev–Trinajstić information content (AvgIpc) is 2.65. The Morgan fingerprint density at radius 1 is 1.45 bits per heavy atom. The largest absolute Gasteiger partial charge is 0.300 e. The predicted octanol–water partition coefficient (Wildman–Crippen LogP) is 2.90. The second-order valence-corrected chi connectivity index (χ2v) is 4.36. The third-order valence-corrected chi connectivity index (χ3v) is 2.37. The summed E-state index contributed by atoms with van der Waals surface area (Å²) >= 11 is 0. The van der Waals surface area contributed by atoms with E-state index >= 15 is 0 Å². The topological polar surface area (TPSA) is 12.4 Å². The Hall–Kier alpha value is -0.330. The number of hydrogen-bond acceptors (Lipinski definition) is 1. The lowest BCUT2D eigenvalue weighted by Gasteiger charge is -2.18. The molecule has 1 aliphatic rings. The van der Waals surface area contributed by atoms with Crippen molar-refractivity contribution < 1.29 is 0 Å². The van der Waals surface area contributed by atoms with Gasteiger partial charge in [-0.1, -0.05) is 26.7 Å². The summed E-state index contributed by atoms with van der Waals surface area (Å²) in [7, 11) is 1.86. The quantitative estimate of drug-likeness (QED) is 0.551. The molecule has 0 aromatic heterocycles. The first-order valence-electron chi connectivity index (χ1n) is 4.57. The summed E-state index contributed by atoms with van der Waals surface area (Å²) in [5.74, 6) is 1.06. The molecule has 0 aromatic carbocycles. The first-order valence-corrected chi connectivity index (χ1v) is 4.57. The number of hydrogen-bond donors (Lipinski definition) is 0. The highest BCUT2D eigenvalue weighted by Crippen LogP contribution is 2.36. The van der Waals surface area contributed by atoms with Gasteiger partial charge in [0.1, 0.15) is 0 Å². The molecule has 0 radical (unpaired) electrons. The standard InChI is InChI=1S/C10H19N/c1-10(2,8-11-3)7-6-9-4-5-9/h8-9H,4-7H2,1-3H3. The minimum absolute atomic E-state index is 0.331. The highest BCUT2D eigenvalue weighted by molar-refractivity contribution is 5.64. The van der Waals surface area contributed by atoms with E-state index in [1.807, 2.05) is 7.05 Å². The van der Waals surface area contributed by atoms with Crippen molar-refractivity contribution in [1.29, 1.82) is 0 Å². The highest BCUT2D eigenvalue weighted by atomic mass is 14.6. The molecule has 0 atom stereocenters. The van der Waals surface area contributed by atoms with Crippen molar-refractivity contribution in [3.63, 3.8) is 0 Å². The normalized spacial score (nSPS) is 19.5. The monoisotopic (exact) mass is 153 g/mol. The third-order valence-electron chi connectivity index (χ3n) is 2.37. The van der Waals surface area contributed by atoms with Gasteiger partial charge in [-0.15, -0.1) is 0 Å². The average molecular weight is 153 g/mol.